The highest BCUT2D eigenvalue weighted by molar-refractivity contribution is 6.35. The molecule has 0 aromatic heterocycles. The Morgan fingerprint density at radius 1 is 1.00 bits per heavy atom. The molecule has 6 nitrogen and oxygen atoms in total. The number of halogens is 3. The molecule has 0 radical (unpaired) electrons. The van der Waals surface area contributed by atoms with Crippen LogP contribution in [0.3, 0.4) is 0 Å². The molecule has 3 rings (SSSR count). The minimum Gasteiger partial charge on any atom is -0.479 e. The summed E-state index contributed by atoms with van der Waals surface area (Å²) in [6.45, 7) is 1.81. The maximum absolute atomic E-state index is 12.4. The third kappa shape index (κ3) is 6.96. The van der Waals surface area contributed by atoms with E-state index in [9.17, 15) is 9.59 Å². The van der Waals surface area contributed by atoms with Gasteiger partial charge in [-0.05, 0) is 66.6 Å². The normalized spacial score (nSPS) is 11.8. The van der Waals surface area contributed by atoms with Crippen LogP contribution in [-0.2, 0) is 4.79 Å². The van der Waals surface area contributed by atoms with Crippen LogP contribution in [0.15, 0.2) is 71.8 Å². The highest BCUT2D eigenvalue weighted by atomic mass is 35.5. The SMILES string of the molecule is CC[C@@H](Oc1ccc(Cl)cc1Cl)C(=O)N/N=C\c1ccc(OC(=O)c2ccccc2Cl)cc1. The van der Waals surface area contributed by atoms with Gasteiger partial charge < -0.3 is 9.47 Å². The van der Waals surface area contributed by atoms with Crippen LogP contribution in [0, 0.1) is 0 Å². The second-order valence-corrected chi connectivity index (χ2v) is 8.01. The number of amides is 1. The van der Waals surface area contributed by atoms with Crippen molar-refractivity contribution >= 4 is 52.9 Å². The van der Waals surface area contributed by atoms with Crippen molar-refractivity contribution in [3.05, 3.63) is 92.9 Å². The van der Waals surface area contributed by atoms with Crippen LogP contribution in [0.2, 0.25) is 15.1 Å². The molecule has 0 heterocycles. The summed E-state index contributed by atoms with van der Waals surface area (Å²) in [5.74, 6) is -0.278. The minimum absolute atomic E-state index is 0.278. The molecular formula is C24H19Cl3N2O4. The molecule has 0 bridgehead atoms. The van der Waals surface area contributed by atoms with Gasteiger partial charge in [-0.1, -0.05) is 53.9 Å². The van der Waals surface area contributed by atoms with E-state index < -0.39 is 18.0 Å². The van der Waals surface area contributed by atoms with Gasteiger partial charge in [-0.15, -0.1) is 0 Å². The number of carbonyl (C=O) groups excluding carboxylic acids is 2. The topological polar surface area (TPSA) is 77.0 Å². The fourth-order valence-corrected chi connectivity index (χ4v) is 3.37. The summed E-state index contributed by atoms with van der Waals surface area (Å²) < 4.78 is 11.0. The lowest BCUT2D eigenvalue weighted by molar-refractivity contribution is -0.128. The summed E-state index contributed by atoms with van der Waals surface area (Å²) in [5.41, 5.74) is 3.40. The van der Waals surface area contributed by atoms with Crippen molar-refractivity contribution in [1.82, 2.24) is 5.43 Å². The second-order valence-electron chi connectivity index (χ2n) is 6.76. The average molecular weight is 506 g/mol. The van der Waals surface area contributed by atoms with E-state index in [1.54, 1.807) is 67.6 Å². The zero-order valence-electron chi connectivity index (χ0n) is 17.4. The van der Waals surface area contributed by atoms with E-state index in [2.05, 4.69) is 10.5 Å². The third-order valence-electron chi connectivity index (χ3n) is 4.40. The van der Waals surface area contributed by atoms with Gasteiger partial charge >= 0.3 is 5.97 Å². The number of benzene rings is 3. The summed E-state index contributed by atoms with van der Waals surface area (Å²) in [7, 11) is 0. The Balaban J connectivity index is 1.55. The number of hydrazone groups is 1. The molecular weight excluding hydrogens is 487 g/mol. The molecule has 33 heavy (non-hydrogen) atoms. The van der Waals surface area contributed by atoms with Crippen LogP contribution < -0.4 is 14.9 Å². The first kappa shape index (κ1) is 24.6. The monoisotopic (exact) mass is 504 g/mol. The summed E-state index contributed by atoms with van der Waals surface area (Å²) >= 11 is 18.0. The number of nitrogens with zero attached hydrogens (tertiary/aromatic N) is 1. The molecule has 0 saturated heterocycles. The van der Waals surface area contributed by atoms with Crippen LogP contribution in [0.5, 0.6) is 11.5 Å². The Labute approximate surface area is 206 Å². The van der Waals surface area contributed by atoms with Crippen LogP contribution >= 0.6 is 34.8 Å². The fraction of sp³-hybridized carbons (Fsp3) is 0.125. The highest BCUT2D eigenvalue weighted by Gasteiger charge is 2.19. The smallest absolute Gasteiger partial charge is 0.345 e. The molecule has 1 N–H and O–H groups in total. The molecule has 1 atom stereocenters. The third-order valence-corrected chi connectivity index (χ3v) is 5.26. The lowest BCUT2D eigenvalue weighted by Gasteiger charge is -2.16. The number of hydrogen-bond donors (Lipinski definition) is 1. The van der Waals surface area contributed by atoms with Gasteiger partial charge in [0.25, 0.3) is 5.91 Å². The van der Waals surface area contributed by atoms with Gasteiger partial charge in [-0.2, -0.15) is 5.10 Å². The molecule has 0 spiro atoms. The van der Waals surface area contributed by atoms with Crippen molar-refractivity contribution < 1.29 is 19.1 Å². The molecule has 0 saturated carbocycles. The highest BCUT2D eigenvalue weighted by Crippen LogP contribution is 2.28. The molecule has 0 fully saturated rings. The first-order valence-corrected chi connectivity index (χ1v) is 11.0. The van der Waals surface area contributed by atoms with Crippen molar-refractivity contribution in [2.24, 2.45) is 5.10 Å². The van der Waals surface area contributed by atoms with E-state index in [4.69, 9.17) is 44.3 Å². The molecule has 1 amide bonds. The van der Waals surface area contributed by atoms with Gasteiger partial charge in [0.05, 0.1) is 21.8 Å². The Hall–Kier alpha value is -3.06. The standard InChI is InChI=1S/C24H19Cl3N2O4/c1-2-21(33-22-12-9-16(25)13-20(22)27)23(30)29-28-14-15-7-10-17(11-8-15)32-24(31)18-5-3-4-6-19(18)26/h3-14,21H,2H2,1H3,(H,29,30)/b28-14-/t21-/m1/s1. The van der Waals surface area contributed by atoms with Crippen LogP contribution in [0.1, 0.15) is 29.3 Å². The fourth-order valence-electron chi connectivity index (χ4n) is 2.70. The van der Waals surface area contributed by atoms with Crippen LogP contribution in [0.25, 0.3) is 0 Å². The summed E-state index contributed by atoms with van der Waals surface area (Å²) in [4.78, 5) is 24.6. The summed E-state index contributed by atoms with van der Waals surface area (Å²) in [6, 6.07) is 18.0. The first-order valence-electron chi connectivity index (χ1n) is 9.88. The Morgan fingerprint density at radius 3 is 2.39 bits per heavy atom. The number of esters is 1. The number of hydrogen-bond acceptors (Lipinski definition) is 5. The van der Waals surface area contributed by atoms with E-state index in [1.165, 1.54) is 12.3 Å². The minimum atomic E-state index is -0.785. The summed E-state index contributed by atoms with van der Waals surface area (Å²) in [5, 5.41) is 5.05. The lowest BCUT2D eigenvalue weighted by atomic mass is 10.2. The van der Waals surface area contributed by atoms with Crippen molar-refractivity contribution in [3.63, 3.8) is 0 Å². The second kappa shape index (κ2) is 11.7. The van der Waals surface area contributed by atoms with E-state index in [-0.39, 0.29) is 5.56 Å². The van der Waals surface area contributed by atoms with Crippen molar-refractivity contribution in [1.29, 1.82) is 0 Å². The molecule has 170 valence electrons. The maximum atomic E-state index is 12.4. The summed E-state index contributed by atoms with van der Waals surface area (Å²) in [6.07, 6.45) is 1.08. The van der Waals surface area contributed by atoms with Gasteiger partial charge in [-0.3, -0.25) is 4.79 Å². The Bertz CT molecular complexity index is 1170. The number of ether oxygens (including phenoxy) is 2. The molecule has 0 aliphatic rings. The molecule has 0 unspecified atom stereocenters. The van der Waals surface area contributed by atoms with Crippen molar-refractivity contribution in [3.8, 4) is 11.5 Å². The predicted molar refractivity (Wildman–Crippen MR) is 130 cm³/mol. The molecule has 0 aliphatic heterocycles. The predicted octanol–water partition coefficient (Wildman–Crippen LogP) is 6.17. The zero-order chi connectivity index (χ0) is 23.8. The van der Waals surface area contributed by atoms with E-state index >= 15 is 0 Å². The van der Waals surface area contributed by atoms with Gasteiger partial charge in [0.2, 0.25) is 0 Å². The van der Waals surface area contributed by atoms with Gasteiger partial charge in [0.15, 0.2) is 6.10 Å². The van der Waals surface area contributed by atoms with Gasteiger partial charge in [0.1, 0.15) is 11.5 Å². The lowest BCUT2D eigenvalue weighted by Crippen LogP contribution is -2.35. The van der Waals surface area contributed by atoms with Gasteiger partial charge in [-0.25, -0.2) is 10.2 Å². The average Bonchev–Trinajstić information content (AvgIpc) is 2.80. The van der Waals surface area contributed by atoms with Crippen molar-refractivity contribution in [2.75, 3.05) is 0 Å². The van der Waals surface area contributed by atoms with E-state index in [1.807, 2.05) is 0 Å². The Morgan fingerprint density at radius 2 is 1.73 bits per heavy atom. The van der Waals surface area contributed by atoms with Crippen LogP contribution in [0.4, 0.5) is 0 Å². The van der Waals surface area contributed by atoms with Crippen LogP contribution in [-0.4, -0.2) is 24.2 Å². The van der Waals surface area contributed by atoms with Gasteiger partial charge in [0, 0.05) is 5.02 Å². The first-order chi connectivity index (χ1) is 15.9. The number of rotatable bonds is 8. The molecule has 0 aliphatic carbocycles. The van der Waals surface area contributed by atoms with Crippen molar-refractivity contribution in [2.45, 2.75) is 19.4 Å². The van der Waals surface area contributed by atoms with E-state index in [0.717, 1.165) is 0 Å². The largest absolute Gasteiger partial charge is 0.479 e. The number of nitrogens with one attached hydrogen (secondary N) is 1. The number of carbonyl (C=O) groups is 2. The molecule has 3 aromatic rings. The molecule has 3 aromatic carbocycles. The Kier molecular flexibility index (Phi) is 8.72. The maximum Gasteiger partial charge on any atom is 0.345 e. The molecule has 9 heteroatoms. The zero-order valence-corrected chi connectivity index (χ0v) is 19.7. The quantitative estimate of drug-likeness (QED) is 0.172. The van der Waals surface area contributed by atoms with E-state index in [0.29, 0.717) is 38.6 Å².